The molecule has 4 heterocycles. The van der Waals surface area contributed by atoms with Crippen LogP contribution in [0.3, 0.4) is 0 Å². The fraction of sp³-hybridized carbons (Fsp3) is 0.625. The normalized spacial score (nSPS) is 49.5. The first-order valence-corrected chi connectivity index (χ1v) is 7.37. The molecule has 1 aromatic carbocycles. The first-order chi connectivity index (χ1) is 9.43. The number of benzene rings is 1. The molecule has 0 saturated carbocycles. The van der Waals surface area contributed by atoms with Crippen LogP contribution in [0.2, 0.25) is 0 Å². The van der Waals surface area contributed by atoms with Crippen molar-refractivity contribution in [3.8, 4) is 5.75 Å². The van der Waals surface area contributed by atoms with Crippen LogP contribution in [0.5, 0.6) is 5.75 Å². The maximum atomic E-state index is 10.7. The van der Waals surface area contributed by atoms with Gasteiger partial charge in [0.2, 0.25) is 0 Å². The minimum absolute atomic E-state index is 0.0495. The summed E-state index contributed by atoms with van der Waals surface area (Å²) in [6.07, 6.45) is -0.0716. The van der Waals surface area contributed by atoms with Crippen molar-refractivity contribution in [3.63, 3.8) is 0 Å². The summed E-state index contributed by atoms with van der Waals surface area (Å²) < 4.78 is 0. The molecule has 4 saturated heterocycles. The molecule has 0 aromatic heterocycles. The zero-order chi connectivity index (χ0) is 14.1. The number of nitrogens with zero attached hydrogens (tertiary/aromatic N) is 2. The Morgan fingerprint density at radius 2 is 1.50 bits per heavy atom. The van der Waals surface area contributed by atoms with E-state index in [0.29, 0.717) is 5.75 Å². The monoisotopic (exact) mass is 274 g/mol. The smallest absolute Gasteiger partial charge is 0.121 e. The molecule has 4 heteroatoms. The maximum Gasteiger partial charge on any atom is 0.121 e. The van der Waals surface area contributed by atoms with Crippen LogP contribution in [0, 0.1) is 10.8 Å². The molecule has 4 bridgehead atoms. The highest BCUT2D eigenvalue weighted by Gasteiger charge is 2.62. The molecule has 20 heavy (non-hydrogen) atoms. The number of phenols is 1. The van der Waals surface area contributed by atoms with Gasteiger partial charge in [-0.1, -0.05) is 32.0 Å². The molecule has 0 radical (unpaired) electrons. The van der Waals surface area contributed by atoms with Crippen molar-refractivity contribution >= 4 is 0 Å². The van der Waals surface area contributed by atoms with Gasteiger partial charge in [0, 0.05) is 42.6 Å². The average Bonchev–Trinajstić information content (AvgIpc) is 2.36. The van der Waals surface area contributed by atoms with Gasteiger partial charge in [-0.05, 0) is 6.07 Å². The summed E-state index contributed by atoms with van der Waals surface area (Å²) in [6, 6.07) is 7.64. The van der Waals surface area contributed by atoms with Crippen LogP contribution in [0.4, 0.5) is 0 Å². The third-order valence-electron chi connectivity index (χ3n) is 5.48. The van der Waals surface area contributed by atoms with E-state index in [0.717, 1.165) is 31.7 Å². The lowest BCUT2D eigenvalue weighted by Gasteiger charge is -2.68. The zero-order valence-electron chi connectivity index (χ0n) is 12.1. The van der Waals surface area contributed by atoms with Gasteiger partial charge in [0.1, 0.15) is 5.75 Å². The van der Waals surface area contributed by atoms with Crippen molar-refractivity contribution in [1.29, 1.82) is 0 Å². The lowest BCUT2D eigenvalue weighted by molar-refractivity contribution is -0.254. The SMILES string of the molecule is CC12CN3CC(C)(CN(C1)C3c1ccccc1O)C2O. The number of phenolic OH excluding ortho intramolecular Hbond substituents is 1. The Kier molecular flexibility index (Phi) is 2.37. The van der Waals surface area contributed by atoms with Gasteiger partial charge in [-0.25, -0.2) is 0 Å². The van der Waals surface area contributed by atoms with E-state index in [-0.39, 0.29) is 23.1 Å². The third-order valence-corrected chi connectivity index (χ3v) is 5.48. The first-order valence-electron chi connectivity index (χ1n) is 7.37. The van der Waals surface area contributed by atoms with Crippen molar-refractivity contribution in [2.24, 2.45) is 10.8 Å². The van der Waals surface area contributed by atoms with Gasteiger partial charge in [-0.2, -0.15) is 0 Å². The van der Waals surface area contributed by atoms with Crippen LogP contribution in [0.25, 0.3) is 0 Å². The fourth-order valence-electron chi connectivity index (χ4n) is 4.93. The van der Waals surface area contributed by atoms with Crippen LogP contribution in [0.1, 0.15) is 25.6 Å². The fourth-order valence-corrected chi connectivity index (χ4v) is 4.93. The summed E-state index contributed by atoms with van der Waals surface area (Å²) in [5, 5.41) is 20.8. The summed E-state index contributed by atoms with van der Waals surface area (Å²) in [5.41, 5.74) is 0.895. The molecule has 0 atom stereocenters. The van der Waals surface area contributed by atoms with Gasteiger partial charge in [0.25, 0.3) is 0 Å². The van der Waals surface area contributed by atoms with Crippen LogP contribution in [0.15, 0.2) is 24.3 Å². The molecule has 5 rings (SSSR count). The molecule has 0 spiro atoms. The third kappa shape index (κ3) is 1.47. The first kappa shape index (κ1) is 12.6. The molecule has 108 valence electrons. The highest BCUT2D eigenvalue weighted by molar-refractivity contribution is 5.36. The van der Waals surface area contributed by atoms with E-state index >= 15 is 0 Å². The quantitative estimate of drug-likeness (QED) is 0.813. The minimum atomic E-state index is -0.229. The number of aromatic hydroxyl groups is 1. The van der Waals surface area contributed by atoms with E-state index in [1.165, 1.54) is 0 Å². The molecule has 4 aliphatic rings. The summed E-state index contributed by atoms with van der Waals surface area (Å²) in [7, 11) is 0. The topological polar surface area (TPSA) is 46.9 Å². The molecule has 4 nitrogen and oxygen atoms in total. The molecule has 1 aromatic rings. The summed E-state index contributed by atoms with van der Waals surface area (Å²) in [5.74, 6) is 0.376. The lowest BCUT2D eigenvalue weighted by atomic mass is 9.60. The standard InChI is InChI=1S/C16H22N2O2/c1-15-7-17-9-16(2,14(15)20)10-18(8-15)13(17)11-5-3-4-6-12(11)19/h3-6,13-14,19-20H,7-10H2,1-2H3. The Balaban J connectivity index is 1.76. The van der Waals surface area contributed by atoms with Gasteiger partial charge in [-0.15, -0.1) is 0 Å². The molecular formula is C16H22N2O2. The second-order valence-electron chi connectivity index (χ2n) is 7.45. The Hall–Kier alpha value is -1.10. The molecular weight excluding hydrogens is 252 g/mol. The van der Waals surface area contributed by atoms with Crippen molar-refractivity contribution in [2.45, 2.75) is 26.1 Å². The van der Waals surface area contributed by atoms with Crippen molar-refractivity contribution in [3.05, 3.63) is 29.8 Å². The van der Waals surface area contributed by atoms with Crippen LogP contribution in [-0.2, 0) is 0 Å². The van der Waals surface area contributed by atoms with E-state index in [1.54, 1.807) is 6.07 Å². The predicted molar refractivity (Wildman–Crippen MR) is 76.2 cm³/mol. The average molecular weight is 274 g/mol. The molecule has 4 fully saturated rings. The van der Waals surface area contributed by atoms with Crippen molar-refractivity contribution in [1.82, 2.24) is 9.80 Å². The van der Waals surface area contributed by atoms with Gasteiger partial charge < -0.3 is 10.2 Å². The van der Waals surface area contributed by atoms with E-state index in [1.807, 2.05) is 18.2 Å². The van der Waals surface area contributed by atoms with Gasteiger partial charge in [0.05, 0.1) is 12.3 Å². The Morgan fingerprint density at radius 1 is 1.00 bits per heavy atom. The van der Waals surface area contributed by atoms with Crippen molar-refractivity contribution in [2.75, 3.05) is 26.2 Å². The number of piperidine rings is 2. The van der Waals surface area contributed by atoms with Gasteiger partial charge >= 0.3 is 0 Å². The summed E-state index contributed by atoms with van der Waals surface area (Å²) >= 11 is 0. The second-order valence-corrected chi connectivity index (χ2v) is 7.45. The Morgan fingerprint density at radius 3 is 2.00 bits per heavy atom. The van der Waals surface area contributed by atoms with Gasteiger partial charge in [0.15, 0.2) is 0 Å². The lowest BCUT2D eigenvalue weighted by Crippen LogP contribution is -2.76. The minimum Gasteiger partial charge on any atom is -0.508 e. The number of hydrogen-bond donors (Lipinski definition) is 2. The number of hydrogen-bond acceptors (Lipinski definition) is 4. The van der Waals surface area contributed by atoms with Crippen LogP contribution >= 0.6 is 0 Å². The number of para-hydroxylation sites is 1. The number of aliphatic hydroxyl groups is 1. The Bertz CT molecular complexity index is 521. The Labute approximate surface area is 119 Å². The van der Waals surface area contributed by atoms with E-state index < -0.39 is 0 Å². The molecule has 0 amide bonds. The predicted octanol–water partition coefficient (Wildman–Crippen LogP) is 1.41. The summed E-state index contributed by atoms with van der Waals surface area (Å²) in [4.78, 5) is 4.85. The molecule has 4 aliphatic heterocycles. The molecule has 0 aliphatic carbocycles. The maximum absolute atomic E-state index is 10.7. The van der Waals surface area contributed by atoms with Gasteiger partial charge in [-0.3, -0.25) is 9.80 Å². The molecule has 0 unspecified atom stereocenters. The second kappa shape index (κ2) is 3.75. The van der Waals surface area contributed by atoms with E-state index in [9.17, 15) is 10.2 Å². The van der Waals surface area contributed by atoms with E-state index in [4.69, 9.17) is 0 Å². The van der Waals surface area contributed by atoms with Crippen molar-refractivity contribution < 1.29 is 10.2 Å². The summed E-state index contributed by atoms with van der Waals surface area (Å²) in [6.45, 7) is 7.99. The molecule has 2 N–H and O–H groups in total. The van der Waals surface area contributed by atoms with E-state index in [2.05, 4.69) is 23.6 Å². The van der Waals surface area contributed by atoms with Crippen LogP contribution < -0.4 is 0 Å². The largest absolute Gasteiger partial charge is 0.508 e. The van der Waals surface area contributed by atoms with Crippen LogP contribution in [-0.4, -0.2) is 52.3 Å². The highest BCUT2D eigenvalue weighted by Crippen LogP contribution is 2.54. The highest BCUT2D eigenvalue weighted by atomic mass is 16.3. The zero-order valence-corrected chi connectivity index (χ0v) is 12.1. The number of aliphatic hydroxyl groups excluding tert-OH is 1. The number of rotatable bonds is 1.